The summed E-state index contributed by atoms with van der Waals surface area (Å²) in [6.45, 7) is 4.24. The topological polar surface area (TPSA) is 67.9 Å². The van der Waals surface area contributed by atoms with Crippen molar-refractivity contribution < 1.29 is 19.1 Å². The summed E-state index contributed by atoms with van der Waals surface area (Å²) in [4.78, 5) is 28.2. The van der Waals surface area contributed by atoms with E-state index < -0.39 is 0 Å². The van der Waals surface area contributed by atoms with Gasteiger partial charge >= 0.3 is 11.9 Å². The van der Waals surface area contributed by atoms with Crippen molar-refractivity contribution in [3.63, 3.8) is 0 Å². The lowest BCUT2D eigenvalue weighted by molar-refractivity contribution is -0.150. The number of hydrogen-bond acceptors (Lipinski definition) is 6. The third-order valence-electron chi connectivity index (χ3n) is 7.50. The molecule has 0 unspecified atom stereocenters. The van der Waals surface area contributed by atoms with Crippen LogP contribution < -0.4 is 5.32 Å². The number of ether oxygens (including phenoxy) is 2. The van der Waals surface area contributed by atoms with Crippen LogP contribution in [0, 0.1) is 5.41 Å². The molecule has 0 amide bonds. The normalized spacial score (nSPS) is 32.1. The van der Waals surface area contributed by atoms with Crippen LogP contribution >= 0.6 is 0 Å². The summed E-state index contributed by atoms with van der Waals surface area (Å²) in [5.41, 5.74) is 3.42. The summed E-state index contributed by atoms with van der Waals surface area (Å²) >= 11 is 0. The monoisotopic (exact) mass is 396 g/mol. The minimum Gasteiger partial charge on any atom is -0.466 e. The maximum atomic E-state index is 12.9. The molecule has 0 radical (unpaired) electrons. The van der Waals surface area contributed by atoms with Crippen LogP contribution in [0.2, 0.25) is 0 Å². The van der Waals surface area contributed by atoms with Crippen molar-refractivity contribution in [1.29, 1.82) is 0 Å². The molecule has 3 atom stereocenters. The van der Waals surface area contributed by atoms with Gasteiger partial charge in [0.2, 0.25) is 0 Å². The van der Waals surface area contributed by atoms with Gasteiger partial charge in [-0.15, -0.1) is 0 Å². The van der Waals surface area contributed by atoms with Gasteiger partial charge in [-0.05, 0) is 57.3 Å². The Balaban J connectivity index is 1.73. The number of carbonyl (C=O) groups is 2. The number of nitrogens with zero attached hydrogens (tertiary/aromatic N) is 1. The third kappa shape index (κ3) is 2.44. The summed E-state index contributed by atoms with van der Waals surface area (Å²) in [6, 6.07) is 8.56. The number of esters is 2. The fourth-order valence-corrected chi connectivity index (χ4v) is 6.74. The van der Waals surface area contributed by atoms with E-state index in [1.807, 2.05) is 13.0 Å². The second-order valence-electron chi connectivity index (χ2n) is 8.80. The predicted octanol–water partition coefficient (Wildman–Crippen LogP) is 2.99. The first-order chi connectivity index (χ1) is 14.1. The van der Waals surface area contributed by atoms with Gasteiger partial charge in [0.05, 0.1) is 31.1 Å². The number of benzene rings is 1. The van der Waals surface area contributed by atoms with E-state index in [1.54, 1.807) is 0 Å². The largest absolute Gasteiger partial charge is 0.466 e. The first-order valence-corrected chi connectivity index (χ1v) is 10.6. The second-order valence-corrected chi connectivity index (χ2v) is 8.80. The van der Waals surface area contributed by atoms with E-state index >= 15 is 0 Å². The van der Waals surface area contributed by atoms with Gasteiger partial charge in [0.1, 0.15) is 0 Å². The molecule has 2 saturated heterocycles. The molecule has 2 fully saturated rings. The van der Waals surface area contributed by atoms with Crippen LogP contribution in [0.1, 0.15) is 44.6 Å². The number of hydrogen-bond donors (Lipinski definition) is 1. The quantitative estimate of drug-likeness (QED) is 0.790. The zero-order valence-electron chi connectivity index (χ0n) is 17.1. The molecule has 1 N–H and O–H groups in total. The predicted molar refractivity (Wildman–Crippen MR) is 108 cm³/mol. The van der Waals surface area contributed by atoms with E-state index in [2.05, 4.69) is 28.4 Å². The fourth-order valence-electron chi connectivity index (χ4n) is 6.74. The first-order valence-electron chi connectivity index (χ1n) is 10.6. The van der Waals surface area contributed by atoms with E-state index in [-0.39, 0.29) is 28.8 Å². The number of nitrogens with one attached hydrogen (secondary N) is 1. The zero-order chi connectivity index (χ0) is 20.2. The van der Waals surface area contributed by atoms with Crippen LogP contribution in [0.5, 0.6) is 0 Å². The van der Waals surface area contributed by atoms with E-state index in [4.69, 9.17) is 9.47 Å². The Kier molecular flexibility index (Phi) is 4.24. The van der Waals surface area contributed by atoms with Crippen molar-refractivity contribution in [2.75, 3.05) is 32.1 Å². The number of rotatable bonds is 4. The molecule has 29 heavy (non-hydrogen) atoms. The van der Waals surface area contributed by atoms with Gasteiger partial charge in [0.25, 0.3) is 0 Å². The van der Waals surface area contributed by atoms with Crippen LogP contribution in [0.3, 0.4) is 0 Å². The molecule has 6 heteroatoms. The Hall–Kier alpha value is -2.34. The SMILES string of the molecule is CCOC(=O)C[C@@]12CCCN3CC[C@@]4(C(=C(C(=O)OC)C1)Nc1ccccc14)[C@H]32. The molecule has 0 bridgehead atoms. The molecule has 5 rings (SSSR count). The molecule has 1 aromatic carbocycles. The molecule has 3 aliphatic heterocycles. The van der Waals surface area contributed by atoms with Crippen LogP contribution in [0.25, 0.3) is 0 Å². The third-order valence-corrected chi connectivity index (χ3v) is 7.50. The maximum Gasteiger partial charge on any atom is 0.335 e. The zero-order valence-corrected chi connectivity index (χ0v) is 17.1. The highest BCUT2D eigenvalue weighted by atomic mass is 16.5. The van der Waals surface area contributed by atoms with E-state index in [0.29, 0.717) is 25.0 Å². The number of anilines is 1. The lowest BCUT2D eigenvalue weighted by atomic mass is 9.53. The lowest BCUT2D eigenvalue weighted by Gasteiger charge is -2.55. The minimum atomic E-state index is -0.312. The Labute approximate surface area is 171 Å². The van der Waals surface area contributed by atoms with Crippen molar-refractivity contribution in [1.82, 2.24) is 4.90 Å². The highest BCUT2D eigenvalue weighted by molar-refractivity contribution is 5.93. The summed E-state index contributed by atoms with van der Waals surface area (Å²) in [5, 5.41) is 3.58. The van der Waals surface area contributed by atoms with Crippen molar-refractivity contribution in [3.05, 3.63) is 41.1 Å². The lowest BCUT2D eigenvalue weighted by Crippen LogP contribution is -2.60. The van der Waals surface area contributed by atoms with E-state index in [0.717, 1.165) is 43.7 Å². The van der Waals surface area contributed by atoms with Gasteiger partial charge in [0, 0.05) is 22.8 Å². The van der Waals surface area contributed by atoms with Crippen LogP contribution in [-0.2, 0) is 24.5 Å². The number of para-hydroxylation sites is 1. The number of carbonyl (C=O) groups excluding carboxylic acids is 2. The van der Waals surface area contributed by atoms with Gasteiger partial charge in [-0.25, -0.2) is 4.79 Å². The summed E-state index contributed by atoms with van der Waals surface area (Å²) in [6.07, 6.45) is 3.80. The highest BCUT2D eigenvalue weighted by Gasteiger charge is 2.67. The van der Waals surface area contributed by atoms with Crippen molar-refractivity contribution in [2.45, 2.75) is 50.5 Å². The molecule has 1 spiro atoms. The van der Waals surface area contributed by atoms with Gasteiger partial charge < -0.3 is 14.8 Å². The van der Waals surface area contributed by atoms with E-state index in [1.165, 1.54) is 12.7 Å². The molecular weight excluding hydrogens is 368 g/mol. The highest BCUT2D eigenvalue weighted by Crippen LogP contribution is 2.65. The van der Waals surface area contributed by atoms with Crippen LogP contribution in [0.4, 0.5) is 5.69 Å². The summed E-state index contributed by atoms with van der Waals surface area (Å²) in [5.74, 6) is -0.450. The Morgan fingerprint density at radius 3 is 2.86 bits per heavy atom. The Bertz CT molecular complexity index is 910. The standard InChI is InChI=1S/C23H28N2O4/c1-3-29-18(26)14-22-9-6-11-25-12-10-23(21(22)25)16-7-4-5-8-17(16)24-19(23)15(13-22)20(27)28-2/h4-5,7-8,21,24H,3,6,9-14H2,1-2H3/t21-,22-,23-/m1/s1. The van der Waals surface area contributed by atoms with Crippen molar-refractivity contribution in [3.8, 4) is 0 Å². The Morgan fingerprint density at radius 1 is 1.24 bits per heavy atom. The minimum absolute atomic E-state index is 0.164. The smallest absolute Gasteiger partial charge is 0.335 e. The fraction of sp³-hybridized carbons (Fsp3) is 0.565. The molecule has 3 heterocycles. The van der Waals surface area contributed by atoms with Gasteiger partial charge in [-0.3, -0.25) is 9.69 Å². The second kappa shape index (κ2) is 6.59. The van der Waals surface area contributed by atoms with E-state index in [9.17, 15) is 9.59 Å². The van der Waals surface area contributed by atoms with Gasteiger partial charge in [-0.1, -0.05) is 18.2 Å². The molecule has 0 saturated carbocycles. The molecule has 1 aliphatic carbocycles. The van der Waals surface area contributed by atoms with Crippen LogP contribution in [0.15, 0.2) is 35.5 Å². The average Bonchev–Trinajstić information content (AvgIpc) is 3.28. The molecular formula is C23H28N2O4. The number of methoxy groups -OCH3 is 1. The number of piperidine rings is 1. The van der Waals surface area contributed by atoms with Gasteiger partial charge in [-0.2, -0.15) is 0 Å². The molecule has 6 nitrogen and oxygen atoms in total. The van der Waals surface area contributed by atoms with Crippen molar-refractivity contribution in [2.24, 2.45) is 5.41 Å². The van der Waals surface area contributed by atoms with Crippen LogP contribution in [-0.4, -0.2) is 49.7 Å². The van der Waals surface area contributed by atoms with Gasteiger partial charge in [0.15, 0.2) is 0 Å². The molecule has 4 aliphatic rings. The first kappa shape index (κ1) is 18.7. The average molecular weight is 396 g/mol. The maximum absolute atomic E-state index is 12.9. The molecule has 154 valence electrons. The number of fused-ring (bicyclic) bond motifs is 1. The molecule has 0 aromatic heterocycles. The summed E-state index contributed by atoms with van der Waals surface area (Å²) in [7, 11) is 1.44. The van der Waals surface area contributed by atoms with Crippen molar-refractivity contribution >= 4 is 17.6 Å². The Morgan fingerprint density at radius 2 is 2.07 bits per heavy atom. The summed E-state index contributed by atoms with van der Waals surface area (Å²) < 4.78 is 10.6. The molecule has 1 aromatic rings.